The number of fused-ring (bicyclic) bond motifs is 1. The van der Waals surface area contributed by atoms with E-state index in [4.69, 9.17) is 4.63 Å². The third kappa shape index (κ3) is 3.84. The summed E-state index contributed by atoms with van der Waals surface area (Å²) in [6.45, 7) is 2.73. The van der Waals surface area contributed by atoms with Gasteiger partial charge in [-0.2, -0.15) is 0 Å². The number of aromatic nitrogens is 5. The summed E-state index contributed by atoms with van der Waals surface area (Å²) in [6, 6.07) is 14.1. The lowest BCUT2D eigenvalue weighted by molar-refractivity contribution is 0.314. The Morgan fingerprint density at radius 1 is 0.926 bits per heavy atom. The highest BCUT2D eigenvalue weighted by Crippen LogP contribution is 2.26. The molecular weight excluding hydrogens is 342 g/mol. The average molecular weight is 361 g/mol. The number of hydrogen-bond acceptors (Lipinski definition) is 8. The highest BCUT2D eigenvalue weighted by molar-refractivity contribution is 5.73. The van der Waals surface area contributed by atoms with Crippen LogP contribution in [0.25, 0.3) is 11.3 Å². The zero-order chi connectivity index (χ0) is 18.5. The second kappa shape index (κ2) is 7.77. The largest absolute Gasteiger partial charge is 0.363 e. The summed E-state index contributed by atoms with van der Waals surface area (Å²) in [6.07, 6.45) is 4.44. The van der Waals surface area contributed by atoms with E-state index < -0.39 is 0 Å². The van der Waals surface area contributed by atoms with Crippen LogP contribution in [0.1, 0.15) is 30.5 Å². The van der Waals surface area contributed by atoms with Crippen molar-refractivity contribution in [3.8, 4) is 0 Å². The third-order valence-electron chi connectivity index (χ3n) is 4.24. The van der Waals surface area contributed by atoms with Crippen molar-refractivity contribution in [3.63, 3.8) is 0 Å². The molecule has 0 amide bonds. The quantitative estimate of drug-likeness (QED) is 0.515. The molecule has 27 heavy (non-hydrogen) atoms. The van der Waals surface area contributed by atoms with Gasteiger partial charge >= 0.3 is 0 Å². The van der Waals surface area contributed by atoms with Crippen LogP contribution in [0.4, 0.5) is 11.6 Å². The first-order chi connectivity index (χ1) is 13.3. The van der Waals surface area contributed by atoms with Crippen molar-refractivity contribution in [1.82, 2.24) is 25.3 Å². The van der Waals surface area contributed by atoms with Crippen LogP contribution < -0.4 is 10.6 Å². The van der Waals surface area contributed by atoms with Gasteiger partial charge in [0.15, 0.2) is 11.6 Å². The Bertz CT molecular complexity index is 1000. The van der Waals surface area contributed by atoms with E-state index in [2.05, 4.69) is 55.0 Å². The number of anilines is 2. The van der Waals surface area contributed by atoms with Gasteiger partial charge in [0.25, 0.3) is 0 Å². The number of rotatable bonds is 7. The minimum absolute atomic E-state index is 0.0666. The van der Waals surface area contributed by atoms with E-state index in [-0.39, 0.29) is 6.04 Å². The first-order valence-corrected chi connectivity index (χ1v) is 8.78. The molecule has 1 aromatic carbocycles. The molecule has 0 spiro atoms. The van der Waals surface area contributed by atoms with E-state index in [0.717, 1.165) is 17.5 Å². The molecule has 3 aromatic heterocycles. The Labute approximate surface area is 156 Å². The normalized spacial score (nSPS) is 12.0. The second-order valence-corrected chi connectivity index (χ2v) is 6.06. The molecule has 136 valence electrons. The summed E-state index contributed by atoms with van der Waals surface area (Å²) in [5.41, 5.74) is 3.01. The molecule has 4 aromatic rings. The van der Waals surface area contributed by atoms with Crippen molar-refractivity contribution in [1.29, 1.82) is 0 Å². The number of nitrogens with one attached hydrogen (secondary N) is 2. The molecule has 2 N–H and O–H groups in total. The van der Waals surface area contributed by atoms with Gasteiger partial charge in [-0.3, -0.25) is 4.98 Å². The van der Waals surface area contributed by atoms with Gasteiger partial charge in [-0.25, -0.2) is 14.6 Å². The molecular formula is C19H19N7O. The minimum atomic E-state index is 0.0666. The summed E-state index contributed by atoms with van der Waals surface area (Å²) >= 11 is 0. The van der Waals surface area contributed by atoms with Crippen LogP contribution in [0.15, 0.2) is 59.5 Å². The van der Waals surface area contributed by atoms with Gasteiger partial charge in [-0.05, 0) is 40.0 Å². The van der Waals surface area contributed by atoms with Crippen LogP contribution in [0.5, 0.6) is 0 Å². The summed E-state index contributed by atoms with van der Waals surface area (Å²) in [5, 5.41) is 14.4. The van der Waals surface area contributed by atoms with Crippen molar-refractivity contribution < 1.29 is 4.63 Å². The molecule has 0 saturated heterocycles. The summed E-state index contributed by atoms with van der Waals surface area (Å²) < 4.78 is 4.76. The standard InChI is InChI=1S/C19H19N7O/c1-2-15(14-8-10-20-11-9-14)22-17-16(21-12-13-6-4-3-5-7-13)23-18-19(24-17)26-27-25-18/h3-11,15H,2,12H2,1H3,(H,21,23,25)(H,22,24,26)/t15-/m1/s1. The highest BCUT2D eigenvalue weighted by atomic mass is 16.6. The molecule has 0 saturated carbocycles. The zero-order valence-electron chi connectivity index (χ0n) is 14.8. The van der Waals surface area contributed by atoms with Crippen molar-refractivity contribution in [2.24, 2.45) is 0 Å². The number of nitrogens with zero attached hydrogens (tertiary/aromatic N) is 5. The van der Waals surface area contributed by atoms with Crippen molar-refractivity contribution in [2.75, 3.05) is 10.6 Å². The van der Waals surface area contributed by atoms with E-state index in [1.807, 2.05) is 30.3 Å². The SMILES string of the molecule is CC[C@@H](Nc1nc2nonc2nc1NCc1ccccc1)c1ccncc1. The van der Waals surface area contributed by atoms with Crippen molar-refractivity contribution >= 4 is 22.9 Å². The smallest absolute Gasteiger partial charge is 0.245 e. The molecule has 8 heteroatoms. The minimum Gasteiger partial charge on any atom is -0.363 e. The average Bonchev–Trinajstić information content (AvgIpc) is 3.18. The highest BCUT2D eigenvalue weighted by Gasteiger charge is 2.17. The van der Waals surface area contributed by atoms with Crippen molar-refractivity contribution in [2.45, 2.75) is 25.9 Å². The number of hydrogen-bond donors (Lipinski definition) is 2. The fraction of sp³-hybridized carbons (Fsp3) is 0.211. The second-order valence-electron chi connectivity index (χ2n) is 6.06. The maximum absolute atomic E-state index is 4.76. The molecule has 8 nitrogen and oxygen atoms in total. The Kier molecular flexibility index (Phi) is 4.86. The number of benzene rings is 1. The van der Waals surface area contributed by atoms with Gasteiger partial charge in [-0.1, -0.05) is 37.3 Å². The fourth-order valence-corrected chi connectivity index (χ4v) is 2.83. The van der Waals surface area contributed by atoms with Gasteiger partial charge in [0.1, 0.15) is 0 Å². The Balaban J connectivity index is 1.63. The molecule has 0 bridgehead atoms. The monoisotopic (exact) mass is 361 g/mol. The predicted molar refractivity (Wildman–Crippen MR) is 102 cm³/mol. The lowest BCUT2D eigenvalue weighted by Gasteiger charge is -2.19. The molecule has 0 radical (unpaired) electrons. The maximum atomic E-state index is 4.76. The molecule has 0 aliphatic carbocycles. The topological polar surface area (TPSA) is 102 Å². The molecule has 1 atom stereocenters. The Morgan fingerprint density at radius 3 is 2.33 bits per heavy atom. The zero-order valence-corrected chi connectivity index (χ0v) is 14.8. The Morgan fingerprint density at radius 2 is 1.63 bits per heavy atom. The molecule has 0 aliphatic heterocycles. The first kappa shape index (κ1) is 16.9. The number of pyridine rings is 1. The van der Waals surface area contributed by atoms with Crippen LogP contribution in [0, 0.1) is 0 Å². The van der Waals surface area contributed by atoms with Crippen LogP contribution in [0.2, 0.25) is 0 Å². The summed E-state index contributed by atoms with van der Waals surface area (Å²) in [4.78, 5) is 13.1. The Hall–Kier alpha value is -3.55. The molecule has 4 rings (SSSR count). The summed E-state index contributed by atoms with van der Waals surface area (Å²) in [7, 11) is 0. The lowest BCUT2D eigenvalue weighted by Crippen LogP contribution is -2.14. The summed E-state index contributed by atoms with van der Waals surface area (Å²) in [5.74, 6) is 1.22. The van der Waals surface area contributed by atoms with E-state index in [0.29, 0.717) is 29.5 Å². The predicted octanol–water partition coefficient (Wildman–Crippen LogP) is 3.58. The van der Waals surface area contributed by atoms with Crippen LogP contribution in [-0.4, -0.2) is 25.3 Å². The van der Waals surface area contributed by atoms with E-state index >= 15 is 0 Å². The van der Waals surface area contributed by atoms with Gasteiger partial charge in [0, 0.05) is 18.9 Å². The van der Waals surface area contributed by atoms with Crippen LogP contribution >= 0.6 is 0 Å². The first-order valence-electron chi connectivity index (χ1n) is 8.78. The van der Waals surface area contributed by atoms with Gasteiger partial charge in [0.05, 0.1) is 6.04 Å². The third-order valence-corrected chi connectivity index (χ3v) is 4.24. The van der Waals surface area contributed by atoms with Crippen LogP contribution in [-0.2, 0) is 6.54 Å². The van der Waals surface area contributed by atoms with Crippen LogP contribution in [0.3, 0.4) is 0 Å². The van der Waals surface area contributed by atoms with Crippen molar-refractivity contribution in [3.05, 3.63) is 66.0 Å². The maximum Gasteiger partial charge on any atom is 0.245 e. The van der Waals surface area contributed by atoms with Gasteiger partial charge < -0.3 is 10.6 Å². The lowest BCUT2D eigenvalue weighted by atomic mass is 10.1. The fourth-order valence-electron chi connectivity index (χ4n) is 2.83. The van der Waals surface area contributed by atoms with E-state index in [1.54, 1.807) is 12.4 Å². The van der Waals surface area contributed by atoms with E-state index in [1.165, 1.54) is 0 Å². The molecule has 3 heterocycles. The molecule has 0 fully saturated rings. The molecule has 0 aliphatic rings. The van der Waals surface area contributed by atoms with E-state index in [9.17, 15) is 0 Å². The van der Waals surface area contributed by atoms with Gasteiger partial charge in [0.2, 0.25) is 11.3 Å². The molecule has 0 unspecified atom stereocenters. The van der Waals surface area contributed by atoms with Gasteiger partial charge in [-0.15, -0.1) is 0 Å².